The van der Waals surface area contributed by atoms with Crippen molar-refractivity contribution in [3.05, 3.63) is 46.5 Å². The highest BCUT2D eigenvalue weighted by molar-refractivity contribution is 5.96. The van der Waals surface area contributed by atoms with Gasteiger partial charge in [-0.05, 0) is 12.0 Å². The van der Waals surface area contributed by atoms with Crippen LogP contribution in [0.2, 0.25) is 0 Å². The summed E-state index contributed by atoms with van der Waals surface area (Å²) in [5, 5.41) is 0. The van der Waals surface area contributed by atoms with Crippen LogP contribution in [0.4, 0.5) is 17.6 Å². The summed E-state index contributed by atoms with van der Waals surface area (Å²) < 4.78 is 53.3. The molecule has 17 heavy (non-hydrogen) atoms. The molecule has 0 amide bonds. The van der Waals surface area contributed by atoms with Crippen molar-refractivity contribution in [1.29, 1.82) is 0 Å². The molecule has 0 heterocycles. The average molecular weight is 242 g/mol. The molecule has 2 aliphatic rings. The second kappa shape index (κ2) is 3.18. The zero-order valence-corrected chi connectivity index (χ0v) is 8.44. The lowest BCUT2D eigenvalue weighted by molar-refractivity contribution is -0.121. The number of fused-ring (bicyclic) bond motifs is 4. The Morgan fingerprint density at radius 3 is 2.29 bits per heavy atom. The standard InChI is InChI=1S/C12H6F4O/c13-8-6-3-4-1-2-5(12(4)17)7(6)9(14)11(16)10(8)15/h1-2,4-5H,3H2. The maximum absolute atomic E-state index is 13.6. The van der Waals surface area contributed by atoms with Crippen LogP contribution in [0.3, 0.4) is 0 Å². The Morgan fingerprint density at radius 1 is 0.941 bits per heavy atom. The van der Waals surface area contributed by atoms with Crippen LogP contribution in [0.25, 0.3) is 0 Å². The minimum Gasteiger partial charge on any atom is -0.298 e. The Balaban J connectivity index is 2.35. The SMILES string of the molecule is O=C1C2C=CC1c1c(F)c(F)c(F)c(F)c1C2. The fourth-order valence-electron chi connectivity index (χ4n) is 2.51. The fraction of sp³-hybridized carbons (Fsp3) is 0.250. The highest BCUT2D eigenvalue weighted by atomic mass is 19.2. The molecule has 1 aromatic rings. The van der Waals surface area contributed by atoms with Gasteiger partial charge in [0.25, 0.3) is 0 Å². The van der Waals surface area contributed by atoms with Crippen LogP contribution in [0.1, 0.15) is 17.0 Å². The molecular weight excluding hydrogens is 236 g/mol. The third-order valence-electron chi connectivity index (χ3n) is 3.35. The van der Waals surface area contributed by atoms with E-state index in [-0.39, 0.29) is 23.3 Å². The van der Waals surface area contributed by atoms with Crippen LogP contribution in [0, 0.1) is 29.2 Å². The number of rotatable bonds is 0. The molecule has 88 valence electrons. The smallest absolute Gasteiger partial charge is 0.197 e. The van der Waals surface area contributed by atoms with E-state index >= 15 is 0 Å². The summed E-state index contributed by atoms with van der Waals surface area (Å²) in [6.45, 7) is 0. The Hall–Kier alpha value is -1.65. The summed E-state index contributed by atoms with van der Waals surface area (Å²) in [6.07, 6.45) is 2.83. The van der Waals surface area contributed by atoms with Crippen molar-refractivity contribution in [2.24, 2.45) is 5.92 Å². The molecule has 0 fully saturated rings. The maximum Gasteiger partial charge on any atom is 0.197 e. The third kappa shape index (κ3) is 1.16. The van der Waals surface area contributed by atoms with Gasteiger partial charge in [-0.25, -0.2) is 17.6 Å². The second-order valence-corrected chi connectivity index (χ2v) is 4.22. The molecule has 2 atom stereocenters. The van der Waals surface area contributed by atoms with E-state index in [0.717, 1.165) is 0 Å². The molecule has 0 saturated carbocycles. The lowest BCUT2D eigenvalue weighted by atomic mass is 9.80. The summed E-state index contributed by atoms with van der Waals surface area (Å²) in [7, 11) is 0. The number of halogens is 4. The second-order valence-electron chi connectivity index (χ2n) is 4.22. The Kier molecular flexibility index (Phi) is 1.97. The molecular formula is C12H6F4O. The maximum atomic E-state index is 13.6. The zero-order valence-electron chi connectivity index (χ0n) is 8.44. The van der Waals surface area contributed by atoms with E-state index in [4.69, 9.17) is 0 Å². The quantitative estimate of drug-likeness (QED) is 0.296. The van der Waals surface area contributed by atoms with E-state index < -0.39 is 35.1 Å². The molecule has 0 aromatic heterocycles. The molecule has 1 aromatic carbocycles. The monoisotopic (exact) mass is 242 g/mol. The molecule has 0 N–H and O–H groups in total. The highest BCUT2D eigenvalue weighted by Crippen LogP contribution is 2.42. The number of hydrogen-bond acceptors (Lipinski definition) is 1. The van der Waals surface area contributed by atoms with Crippen LogP contribution < -0.4 is 0 Å². The predicted octanol–water partition coefficient (Wildman–Crippen LogP) is 2.64. The van der Waals surface area contributed by atoms with Gasteiger partial charge in [-0.3, -0.25) is 4.79 Å². The minimum absolute atomic E-state index is 0.110. The molecule has 2 aliphatic carbocycles. The molecule has 0 radical (unpaired) electrons. The first kappa shape index (κ1) is 10.5. The van der Waals surface area contributed by atoms with Crippen LogP contribution in [-0.2, 0) is 11.2 Å². The van der Waals surface area contributed by atoms with Crippen molar-refractivity contribution in [2.45, 2.75) is 12.3 Å². The van der Waals surface area contributed by atoms with Gasteiger partial charge in [-0.15, -0.1) is 0 Å². The van der Waals surface area contributed by atoms with Crippen LogP contribution in [0.15, 0.2) is 12.2 Å². The van der Waals surface area contributed by atoms with Gasteiger partial charge >= 0.3 is 0 Å². The summed E-state index contributed by atoms with van der Waals surface area (Å²) in [6, 6.07) is 0. The van der Waals surface area contributed by atoms with Gasteiger partial charge in [0.15, 0.2) is 29.1 Å². The topological polar surface area (TPSA) is 17.1 Å². The minimum atomic E-state index is -1.85. The number of ketones is 1. The molecule has 2 unspecified atom stereocenters. The van der Waals surface area contributed by atoms with E-state index in [1.807, 2.05) is 0 Å². The first-order valence-corrected chi connectivity index (χ1v) is 5.09. The number of carbonyl (C=O) groups is 1. The van der Waals surface area contributed by atoms with Gasteiger partial charge in [-0.2, -0.15) is 0 Å². The lowest BCUT2D eigenvalue weighted by Crippen LogP contribution is -2.26. The van der Waals surface area contributed by atoms with Crippen LogP contribution in [-0.4, -0.2) is 5.78 Å². The molecule has 0 aliphatic heterocycles. The molecule has 5 heteroatoms. The summed E-state index contributed by atoms with van der Waals surface area (Å²) in [4.78, 5) is 11.6. The third-order valence-corrected chi connectivity index (χ3v) is 3.35. The summed E-state index contributed by atoms with van der Waals surface area (Å²) in [5.41, 5.74) is -0.572. The first-order valence-electron chi connectivity index (χ1n) is 5.09. The van der Waals surface area contributed by atoms with Crippen molar-refractivity contribution >= 4 is 5.78 Å². The van der Waals surface area contributed by atoms with Crippen molar-refractivity contribution in [3.8, 4) is 0 Å². The number of Topliss-reactive ketones (excluding diaryl/α,β-unsaturated/α-hetero) is 1. The Bertz CT molecular complexity index is 577. The van der Waals surface area contributed by atoms with Gasteiger partial charge < -0.3 is 0 Å². The average Bonchev–Trinajstić information content (AvgIpc) is 2.56. The van der Waals surface area contributed by atoms with Crippen molar-refractivity contribution in [2.75, 3.05) is 0 Å². The molecule has 1 nitrogen and oxygen atoms in total. The van der Waals surface area contributed by atoms with E-state index in [1.54, 1.807) is 0 Å². The van der Waals surface area contributed by atoms with E-state index in [0.29, 0.717) is 0 Å². The number of carbonyl (C=O) groups excluding carboxylic acids is 1. The normalized spacial score (nSPS) is 25.3. The van der Waals surface area contributed by atoms with E-state index in [9.17, 15) is 22.4 Å². The molecule has 2 bridgehead atoms. The number of benzene rings is 1. The van der Waals surface area contributed by atoms with Crippen molar-refractivity contribution < 1.29 is 22.4 Å². The lowest BCUT2D eigenvalue weighted by Gasteiger charge is -2.23. The highest BCUT2D eigenvalue weighted by Gasteiger charge is 2.42. The zero-order chi connectivity index (χ0) is 12.3. The van der Waals surface area contributed by atoms with Gasteiger partial charge in [0.05, 0.1) is 5.92 Å². The van der Waals surface area contributed by atoms with Gasteiger partial charge in [-0.1, -0.05) is 12.2 Å². The summed E-state index contributed by atoms with van der Waals surface area (Å²) in [5.74, 6) is -8.32. The van der Waals surface area contributed by atoms with E-state index in [2.05, 4.69) is 0 Å². The predicted molar refractivity (Wildman–Crippen MR) is 50.4 cm³/mol. The molecule has 3 rings (SSSR count). The Labute approximate surface area is 93.7 Å². The molecule has 0 spiro atoms. The molecule has 0 saturated heterocycles. The van der Waals surface area contributed by atoms with Crippen LogP contribution in [0.5, 0.6) is 0 Å². The number of allylic oxidation sites excluding steroid dienone is 2. The van der Waals surface area contributed by atoms with Gasteiger partial charge in [0, 0.05) is 11.5 Å². The van der Waals surface area contributed by atoms with Crippen LogP contribution >= 0.6 is 0 Å². The fourth-order valence-corrected chi connectivity index (χ4v) is 2.51. The van der Waals surface area contributed by atoms with Gasteiger partial charge in [0.2, 0.25) is 0 Å². The van der Waals surface area contributed by atoms with E-state index in [1.165, 1.54) is 12.2 Å². The summed E-state index contributed by atoms with van der Waals surface area (Å²) >= 11 is 0. The first-order chi connectivity index (χ1) is 8.02. The largest absolute Gasteiger partial charge is 0.298 e. The van der Waals surface area contributed by atoms with Gasteiger partial charge in [0.1, 0.15) is 0 Å². The van der Waals surface area contributed by atoms with Crippen molar-refractivity contribution in [1.82, 2.24) is 0 Å². The number of hydrogen-bond donors (Lipinski definition) is 0. The Morgan fingerprint density at radius 2 is 1.59 bits per heavy atom. The van der Waals surface area contributed by atoms with Crippen molar-refractivity contribution in [3.63, 3.8) is 0 Å².